The highest BCUT2D eigenvalue weighted by Gasteiger charge is 2.08. The van der Waals surface area contributed by atoms with Gasteiger partial charge in [-0.25, -0.2) is 0 Å². The molecule has 0 atom stereocenters. The van der Waals surface area contributed by atoms with Gasteiger partial charge in [0, 0.05) is 22.9 Å². The molecule has 0 aliphatic carbocycles. The van der Waals surface area contributed by atoms with E-state index in [1.165, 1.54) is 19.4 Å². The number of anilines is 1. The van der Waals surface area contributed by atoms with Crippen molar-refractivity contribution in [3.63, 3.8) is 0 Å². The van der Waals surface area contributed by atoms with Gasteiger partial charge in [-0.2, -0.15) is 0 Å². The number of halogens is 1. The second kappa shape index (κ2) is 8.26. The van der Waals surface area contributed by atoms with Gasteiger partial charge in [0.05, 0.1) is 27.0 Å². The van der Waals surface area contributed by atoms with Crippen LogP contribution in [0.1, 0.15) is 10.4 Å². The summed E-state index contributed by atoms with van der Waals surface area (Å²) in [5.41, 5.74) is 1.16. The Kier molecular flexibility index (Phi) is 6.09. The van der Waals surface area contributed by atoms with Gasteiger partial charge in [-0.05, 0) is 36.4 Å². The van der Waals surface area contributed by atoms with E-state index in [0.717, 1.165) is 0 Å². The molecule has 0 saturated heterocycles. The summed E-state index contributed by atoms with van der Waals surface area (Å²) in [7, 11) is 4.63. The molecule has 24 heavy (non-hydrogen) atoms. The van der Waals surface area contributed by atoms with E-state index in [-0.39, 0.29) is 5.78 Å². The summed E-state index contributed by atoms with van der Waals surface area (Å²) in [6.07, 6.45) is 2.95. The van der Waals surface area contributed by atoms with Crippen molar-refractivity contribution in [2.24, 2.45) is 0 Å². The SMILES string of the molecule is COc1ccc(Cl)cc1N/C=C/C(=O)c1ccc(OC)c(OC)c1. The third-order valence-corrected chi connectivity index (χ3v) is 3.54. The molecule has 2 rings (SSSR count). The van der Waals surface area contributed by atoms with Crippen molar-refractivity contribution >= 4 is 23.1 Å². The third-order valence-electron chi connectivity index (χ3n) is 3.30. The van der Waals surface area contributed by atoms with Crippen LogP contribution in [0.4, 0.5) is 5.69 Å². The molecule has 0 saturated carbocycles. The fourth-order valence-electron chi connectivity index (χ4n) is 2.09. The van der Waals surface area contributed by atoms with Crippen LogP contribution in [0.2, 0.25) is 5.02 Å². The van der Waals surface area contributed by atoms with Crippen molar-refractivity contribution < 1.29 is 19.0 Å². The minimum Gasteiger partial charge on any atom is -0.495 e. The van der Waals surface area contributed by atoms with Gasteiger partial charge >= 0.3 is 0 Å². The Morgan fingerprint density at radius 3 is 2.29 bits per heavy atom. The highest BCUT2D eigenvalue weighted by Crippen LogP contribution is 2.29. The van der Waals surface area contributed by atoms with Crippen LogP contribution < -0.4 is 19.5 Å². The van der Waals surface area contributed by atoms with Crippen molar-refractivity contribution in [2.75, 3.05) is 26.6 Å². The highest BCUT2D eigenvalue weighted by atomic mass is 35.5. The van der Waals surface area contributed by atoms with E-state index in [4.69, 9.17) is 25.8 Å². The molecule has 126 valence electrons. The first kappa shape index (κ1) is 17.7. The molecule has 2 aromatic carbocycles. The average molecular weight is 348 g/mol. The molecular formula is C18H18ClNO4. The minimum absolute atomic E-state index is 0.176. The number of methoxy groups -OCH3 is 3. The quantitative estimate of drug-likeness (QED) is 0.601. The Morgan fingerprint density at radius 2 is 1.62 bits per heavy atom. The Hall–Kier alpha value is -2.66. The number of hydrogen-bond acceptors (Lipinski definition) is 5. The van der Waals surface area contributed by atoms with Crippen LogP contribution in [-0.2, 0) is 0 Å². The van der Waals surface area contributed by atoms with Crippen LogP contribution in [0.5, 0.6) is 17.2 Å². The van der Waals surface area contributed by atoms with Crippen LogP contribution in [0, 0.1) is 0 Å². The lowest BCUT2D eigenvalue weighted by atomic mass is 10.1. The van der Waals surface area contributed by atoms with Gasteiger partial charge in [0.15, 0.2) is 17.3 Å². The molecule has 6 heteroatoms. The zero-order valence-electron chi connectivity index (χ0n) is 13.6. The maximum atomic E-state index is 12.2. The minimum atomic E-state index is -0.176. The second-order valence-electron chi connectivity index (χ2n) is 4.76. The predicted molar refractivity (Wildman–Crippen MR) is 94.6 cm³/mol. The standard InChI is InChI=1S/C18H18ClNO4/c1-22-16-7-5-13(19)11-14(16)20-9-8-15(21)12-4-6-17(23-2)18(10-12)24-3/h4-11,20H,1-3H3/b9-8+. The second-order valence-corrected chi connectivity index (χ2v) is 5.19. The van der Waals surface area contributed by atoms with Crippen LogP contribution in [0.3, 0.4) is 0 Å². The largest absolute Gasteiger partial charge is 0.495 e. The highest BCUT2D eigenvalue weighted by molar-refractivity contribution is 6.30. The molecule has 0 aliphatic rings. The summed E-state index contributed by atoms with van der Waals surface area (Å²) in [5.74, 6) is 1.52. The van der Waals surface area contributed by atoms with E-state index in [1.54, 1.807) is 50.6 Å². The number of hydrogen-bond donors (Lipinski definition) is 1. The van der Waals surface area contributed by atoms with E-state index in [9.17, 15) is 4.79 Å². The Balaban J connectivity index is 2.12. The number of carbonyl (C=O) groups is 1. The van der Waals surface area contributed by atoms with Gasteiger partial charge in [0.1, 0.15) is 5.75 Å². The molecular weight excluding hydrogens is 330 g/mol. The summed E-state index contributed by atoms with van der Waals surface area (Å²) in [6, 6.07) is 10.2. The van der Waals surface area contributed by atoms with Crippen LogP contribution >= 0.6 is 11.6 Å². The molecule has 0 heterocycles. The van der Waals surface area contributed by atoms with E-state index in [2.05, 4.69) is 5.32 Å². The summed E-state index contributed by atoms with van der Waals surface area (Å²) in [6.45, 7) is 0. The molecule has 0 aliphatic heterocycles. The van der Waals surface area contributed by atoms with Crippen molar-refractivity contribution in [3.05, 3.63) is 59.3 Å². The first-order valence-corrected chi connectivity index (χ1v) is 7.49. The Labute approximate surface area is 145 Å². The van der Waals surface area contributed by atoms with Gasteiger partial charge in [0.25, 0.3) is 0 Å². The molecule has 0 spiro atoms. The monoisotopic (exact) mass is 347 g/mol. The van der Waals surface area contributed by atoms with E-state index >= 15 is 0 Å². The van der Waals surface area contributed by atoms with Crippen molar-refractivity contribution in [1.82, 2.24) is 0 Å². The van der Waals surface area contributed by atoms with Gasteiger partial charge in [-0.3, -0.25) is 4.79 Å². The number of rotatable bonds is 7. The molecule has 1 N–H and O–H groups in total. The van der Waals surface area contributed by atoms with Crippen molar-refractivity contribution in [2.45, 2.75) is 0 Å². The predicted octanol–water partition coefficient (Wildman–Crippen LogP) is 4.17. The summed E-state index contributed by atoms with van der Waals surface area (Å²) in [5, 5.41) is 3.56. The van der Waals surface area contributed by atoms with Gasteiger partial charge in [-0.1, -0.05) is 11.6 Å². The Bertz CT molecular complexity index is 759. The zero-order chi connectivity index (χ0) is 17.5. The fourth-order valence-corrected chi connectivity index (χ4v) is 2.26. The Morgan fingerprint density at radius 1 is 0.958 bits per heavy atom. The lowest BCUT2D eigenvalue weighted by molar-refractivity contribution is 0.104. The summed E-state index contributed by atoms with van der Waals surface area (Å²) >= 11 is 5.96. The fraction of sp³-hybridized carbons (Fsp3) is 0.167. The lowest BCUT2D eigenvalue weighted by Crippen LogP contribution is -1.99. The average Bonchev–Trinajstić information content (AvgIpc) is 2.61. The normalized spacial score (nSPS) is 10.5. The first-order valence-electron chi connectivity index (χ1n) is 7.12. The maximum Gasteiger partial charge on any atom is 0.187 e. The number of allylic oxidation sites excluding steroid dienone is 1. The maximum absolute atomic E-state index is 12.2. The molecule has 0 radical (unpaired) electrons. The third kappa shape index (κ3) is 4.20. The van der Waals surface area contributed by atoms with Crippen molar-refractivity contribution in [3.8, 4) is 17.2 Å². The summed E-state index contributed by atoms with van der Waals surface area (Å²) in [4.78, 5) is 12.2. The number of benzene rings is 2. The molecule has 0 bridgehead atoms. The number of ketones is 1. The molecule has 0 amide bonds. The molecule has 2 aromatic rings. The number of nitrogens with one attached hydrogen (secondary N) is 1. The topological polar surface area (TPSA) is 56.8 Å². The van der Waals surface area contributed by atoms with Crippen LogP contribution in [0.25, 0.3) is 0 Å². The van der Waals surface area contributed by atoms with Gasteiger partial charge < -0.3 is 19.5 Å². The van der Waals surface area contributed by atoms with Crippen LogP contribution in [0.15, 0.2) is 48.7 Å². The lowest BCUT2D eigenvalue weighted by Gasteiger charge is -2.09. The van der Waals surface area contributed by atoms with E-state index in [0.29, 0.717) is 33.5 Å². The van der Waals surface area contributed by atoms with Crippen molar-refractivity contribution in [1.29, 1.82) is 0 Å². The van der Waals surface area contributed by atoms with Crippen LogP contribution in [-0.4, -0.2) is 27.1 Å². The molecule has 0 unspecified atom stereocenters. The number of carbonyl (C=O) groups excluding carboxylic acids is 1. The summed E-state index contributed by atoms with van der Waals surface area (Å²) < 4.78 is 15.6. The van der Waals surface area contributed by atoms with Gasteiger partial charge in [-0.15, -0.1) is 0 Å². The van der Waals surface area contributed by atoms with E-state index in [1.807, 2.05) is 0 Å². The molecule has 5 nitrogen and oxygen atoms in total. The molecule has 0 fully saturated rings. The number of ether oxygens (including phenoxy) is 3. The van der Waals surface area contributed by atoms with E-state index < -0.39 is 0 Å². The zero-order valence-corrected chi connectivity index (χ0v) is 14.4. The van der Waals surface area contributed by atoms with Gasteiger partial charge in [0.2, 0.25) is 0 Å². The smallest absolute Gasteiger partial charge is 0.187 e. The molecule has 0 aromatic heterocycles. The first-order chi connectivity index (χ1) is 11.6.